The number of rotatable bonds is 8. The van der Waals surface area contributed by atoms with Crippen LogP contribution in [0.15, 0.2) is 0 Å². The molecular weight excluding hydrogens is 442 g/mol. The largest absolute Gasteiger partial charge is 0.468 e. The third kappa shape index (κ3) is 4.61. The average Bonchev–Trinajstić information content (AvgIpc) is 3.25. The third-order valence-corrected chi connectivity index (χ3v) is 6.52. The van der Waals surface area contributed by atoms with Gasteiger partial charge in [-0.25, -0.2) is 4.79 Å². The van der Waals surface area contributed by atoms with Gasteiger partial charge >= 0.3 is 17.5 Å². The first-order chi connectivity index (χ1) is 15.1. The summed E-state index contributed by atoms with van der Waals surface area (Å²) in [4.78, 5) is 47.0. The van der Waals surface area contributed by atoms with Crippen LogP contribution in [0.3, 0.4) is 0 Å². The minimum Gasteiger partial charge on any atom is -0.459 e. The molecule has 12 nitrogen and oxygen atoms in total. The van der Waals surface area contributed by atoms with Crippen LogP contribution in [0.4, 0.5) is 16.5 Å². The molecule has 0 fully saturated rings. The molecule has 0 saturated carbocycles. The SMILES string of the molecule is CCC(C)OC(=O)c1c(NC(=O)Cn2nc([N+](=O)[O-])c([N+](=O)[O-])c2C)sc2c1CCCC2. The normalized spacial score (nSPS) is 13.8. The molecule has 0 saturated heterocycles. The number of ether oxygens (including phenoxy) is 1. The molecule has 0 aromatic carbocycles. The Labute approximate surface area is 186 Å². The number of amides is 1. The standard InChI is InChI=1S/C19H23N5O7S/c1-4-10(2)31-19(26)15-12-7-5-6-8-13(12)32-18(15)20-14(25)9-22-11(3)16(23(27)28)17(21-22)24(29)30/h10H,4-9H2,1-3H3,(H,20,25). The van der Waals surface area contributed by atoms with Gasteiger partial charge in [0.05, 0.1) is 21.7 Å². The van der Waals surface area contributed by atoms with Gasteiger partial charge in [0, 0.05) is 4.88 Å². The fourth-order valence-corrected chi connectivity index (χ4v) is 4.80. The van der Waals surface area contributed by atoms with Crippen LogP contribution >= 0.6 is 11.3 Å². The van der Waals surface area contributed by atoms with Gasteiger partial charge < -0.3 is 20.2 Å². The Kier molecular flexibility index (Phi) is 6.87. The number of fused-ring (bicyclic) bond motifs is 1. The maximum atomic E-state index is 12.8. The van der Waals surface area contributed by atoms with Gasteiger partial charge in [-0.2, -0.15) is 4.68 Å². The number of thiophene rings is 1. The number of nitrogens with zero attached hydrogens (tertiary/aromatic N) is 4. The number of anilines is 1. The van der Waals surface area contributed by atoms with Crippen molar-refractivity contribution in [2.75, 3.05) is 5.32 Å². The van der Waals surface area contributed by atoms with Gasteiger partial charge in [-0.15, -0.1) is 11.3 Å². The first-order valence-electron chi connectivity index (χ1n) is 10.2. The number of carbonyl (C=O) groups excluding carboxylic acids is 2. The molecule has 0 spiro atoms. The van der Waals surface area contributed by atoms with Crippen molar-refractivity contribution in [2.45, 2.75) is 65.5 Å². The summed E-state index contributed by atoms with van der Waals surface area (Å²) in [6, 6.07) is 0. The summed E-state index contributed by atoms with van der Waals surface area (Å²) in [6.07, 6.45) is 3.80. The first kappa shape index (κ1) is 23.3. The zero-order chi connectivity index (χ0) is 23.6. The van der Waals surface area contributed by atoms with E-state index < -0.39 is 39.8 Å². The fraction of sp³-hybridized carbons (Fsp3) is 0.526. The van der Waals surface area contributed by atoms with E-state index >= 15 is 0 Å². The van der Waals surface area contributed by atoms with Crippen LogP contribution in [0.25, 0.3) is 0 Å². The molecule has 13 heteroatoms. The van der Waals surface area contributed by atoms with Gasteiger partial charge in [-0.3, -0.25) is 14.9 Å². The molecule has 1 unspecified atom stereocenters. The first-order valence-corrected chi connectivity index (χ1v) is 11.0. The molecule has 1 amide bonds. The van der Waals surface area contributed by atoms with Crippen LogP contribution in [0.1, 0.15) is 59.6 Å². The Bertz CT molecular complexity index is 1090. The van der Waals surface area contributed by atoms with Crippen LogP contribution in [0.2, 0.25) is 0 Å². The Hall–Kier alpha value is -3.35. The van der Waals surface area contributed by atoms with E-state index in [4.69, 9.17) is 4.74 Å². The Balaban J connectivity index is 1.88. The quantitative estimate of drug-likeness (QED) is 0.352. The lowest BCUT2D eigenvalue weighted by molar-refractivity contribution is -0.424. The Morgan fingerprint density at radius 3 is 2.53 bits per heavy atom. The lowest BCUT2D eigenvalue weighted by Gasteiger charge is -2.15. The highest BCUT2D eigenvalue weighted by Crippen LogP contribution is 2.39. The van der Waals surface area contributed by atoms with E-state index in [9.17, 15) is 29.8 Å². The second-order valence-corrected chi connectivity index (χ2v) is 8.62. The summed E-state index contributed by atoms with van der Waals surface area (Å²) in [6.45, 7) is 4.48. The molecule has 2 aromatic heterocycles. The Morgan fingerprint density at radius 1 is 1.25 bits per heavy atom. The average molecular weight is 465 g/mol. The van der Waals surface area contributed by atoms with E-state index in [1.807, 2.05) is 6.92 Å². The van der Waals surface area contributed by atoms with E-state index in [-0.39, 0.29) is 11.8 Å². The molecular formula is C19H23N5O7S. The molecule has 3 rings (SSSR count). The van der Waals surface area contributed by atoms with Crippen LogP contribution in [0.5, 0.6) is 0 Å². The minimum atomic E-state index is -0.962. The van der Waals surface area contributed by atoms with Crippen molar-refractivity contribution < 1.29 is 24.2 Å². The van der Waals surface area contributed by atoms with E-state index in [1.54, 1.807) is 6.92 Å². The monoisotopic (exact) mass is 465 g/mol. The van der Waals surface area contributed by atoms with Gasteiger partial charge in [0.1, 0.15) is 17.2 Å². The number of nitro groups is 2. The predicted octanol–water partition coefficient (Wildman–Crippen LogP) is 3.54. The number of carbonyl (C=O) groups is 2. The molecule has 2 aromatic rings. The summed E-state index contributed by atoms with van der Waals surface area (Å²) in [5.41, 5.74) is 0.352. The molecule has 0 bridgehead atoms. The number of aromatic nitrogens is 2. The summed E-state index contributed by atoms with van der Waals surface area (Å²) >= 11 is 1.31. The van der Waals surface area contributed by atoms with Crippen molar-refractivity contribution >= 4 is 39.7 Å². The maximum Gasteiger partial charge on any atom is 0.468 e. The highest BCUT2D eigenvalue weighted by atomic mass is 32.1. The summed E-state index contributed by atoms with van der Waals surface area (Å²) in [5, 5.41) is 28.9. The molecule has 1 N–H and O–H groups in total. The number of nitrogens with one attached hydrogen (secondary N) is 1. The number of hydrogen-bond donors (Lipinski definition) is 1. The van der Waals surface area contributed by atoms with Crippen LogP contribution in [0, 0.1) is 27.2 Å². The van der Waals surface area contributed by atoms with E-state index in [0.29, 0.717) is 23.4 Å². The zero-order valence-corrected chi connectivity index (χ0v) is 18.7. The van der Waals surface area contributed by atoms with E-state index in [1.165, 1.54) is 18.3 Å². The summed E-state index contributed by atoms with van der Waals surface area (Å²) in [5.74, 6) is -2.04. The van der Waals surface area contributed by atoms with Crippen molar-refractivity contribution in [3.63, 3.8) is 0 Å². The van der Waals surface area contributed by atoms with Crippen molar-refractivity contribution in [1.82, 2.24) is 9.78 Å². The summed E-state index contributed by atoms with van der Waals surface area (Å²) < 4.78 is 6.40. The molecule has 0 radical (unpaired) electrons. The molecule has 2 heterocycles. The lowest BCUT2D eigenvalue weighted by Crippen LogP contribution is -2.22. The summed E-state index contributed by atoms with van der Waals surface area (Å²) in [7, 11) is 0. The maximum absolute atomic E-state index is 12.8. The molecule has 32 heavy (non-hydrogen) atoms. The second kappa shape index (κ2) is 9.42. The van der Waals surface area contributed by atoms with Crippen molar-refractivity contribution in [3.8, 4) is 0 Å². The highest BCUT2D eigenvalue weighted by Gasteiger charge is 2.36. The van der Waals surface area contributed by atoms with Crippen molar-refractivity contribution in [2.24, 2.45) is 0 Å². The van der Waals surface area contributed by atoms with Gasteiger partial charge in [0.25, 0.3) is 0 Å². The van der Waals surface area contributed by atoms with Crippen LogP contribution in [-0.2, 0) is 28.9 Å². The van der Waals surface area contributed by atoms with Gasteiger partial charge in [-0.05, 0) is 56.4 Å². The zero-order valence-electron chi connectivity index (χ0n) is 17.9. The van der Waals surface area contributed by atoms with Gasteiger partial charge in [-0.1, -0.05) is 6.92 Å². The van der Waals surface area contributed by atoms with Crippen LogP contribution in [-0.4, -0.2) is 37.6 Å². The number of esters is 1. The van der Waals surface area contributed by atoms with Gasteiger partial charge in [0.15, 0.2) is 0 Å². The molecule has 1 aliphatic rings. The van der Waals surface area contributed by atoms with Crippen LogP contribution < -0.4 is 5.32 Å². The van der Waals surface area contributed by atoms with E-state index in [0.717, 1.165) is 34.4 Å². The molecule has 1 atom stereocenters. The van der Waals surface area contributed by atoms with Gasteiger partial charge in [0.2, 0.25) is 5.91 Å². The number of hydrogen-bond acceptors (Lipinski definition) is 9. The fourth-order valence-electron chi connectivity index (χ4n) is 3.51. The Morgan fingerprint density at radius 2 is 1.94 bits per heavy atom. The number of aryl methyl sites for hydroxylation is 1. The molecule has 0 aliphatic heterocycles. The topological polar surface area (TPSA) is 160 Å². The molecule has 1 aliphatic carbocycles. The van der Waals surface area contributed by atoms with Crippen molar-refractivity contribution in [1.29, 1.82) is 0 Å². The molecule has 172 valence electrons. The highest BCUT2D eigenvalue weighted by molar-refractivity contribution is 7.17. The third-order valence-electron chi connectivity index (χ3n) is 5.32. The van der Waals surface area contributed by atoms with Crippen molar-refractivity contribution in [3.05, 3.63) is 41.9 Å². The van der Waals surface area contributed by atoms with E-state index in [2.05, 4.69) is 10.4 Å². The second-order valence-electron chi connectivity index (χ2n) is 7.52. The minimum absolute atomic E-state index is 0.112. The lowest BCUT2D eigenvalue weighted by atomic mass is 9.95. The predicted molar refractivity (Wildman–Crippen MR) is 115 cm³/mol. The smallest absolute Gasteiger partial charge is 0.459 e.